The molecule has 1 N–H and O–H groups in total. The molecule has 1 aliphatic rings. The molecule has 0 amide bonds. The van der Waals surface area contributed by atoms with Crippen LogP contribution in [0.1, 0.15) is 35.7 Å². The van der Waals surface area contributed by atoms with E-state index in [1.807, 2.05) is 11.6 Å². The van der Waals surface area contributed by atoms with Crippen LogP contribution in [-0.2, 0) is 13.6 Å². The average molecular weight is 256 g/mol. The molecular weight excluding hydrogens is 236 g/mol. The lowest BCUT2D eigenvalue weighted by molar-refractivity contribution is 0.286. The third kappa shape index (κ3) is 2.54. The van der Waals surface area contributed by atoms with Gasteiger partial charge in [-0.2, -0.15) is 0 Å². The van der Waals surface area contributed by atoms with Crippen molar-refractivity contribution in [2.45, 2.75) is 38.3 Å². The number of rotatable bonds is 4. The first-order valence-electron chi connectivity index (χ1n) is 6.86. The Morgan fingerprint density at radius 3 is 2.79 bits per heavy atom. The van der Waals surface area contributed by atoms with Crippen molar-refractivity contribution in [3.05, 3.63) is 47.5 Å². The standard InChI is InChI=1S/C15H20N4/c1-11-5-3-4-6-14(11)12-7-13(8-12)16-9-15-18-17-10-19(15)2/h3-6,10,12-13,16H,7-9H2,1-2H3. The van der Waals surface area contributed by atoms with Crippen LogP contribution < -0.4 is 5.32 Å². The molecule has 4 heteroatoms. The summed E-state index contributed by atoms with van der Waals surface area (Å²) >= 11 is 0. The Kier molecular flexibility index (Phi) is 3.34. The van der Waals surface area contributed by atoms with Crippen molar-refractivity contribution in [1.29, 1.82) is 0 Å². The van der Waals surface area contributed by atoms with Crippen LogP contribution in [0.5, 0.6) is 0 Å². The Morgan fingerprint density at radius 2 is 2.11 bits per heavy atom. The zero-order valence-electron chi connectivity index (χ0n) is 11.5. The highest BCUT2D eigenvalue weighted by Crippen LogP contribution is 2.38. The van der Waals surface area contributed by atoms with E-state index in [9.17, 15) is 0 Å². The largest absolute Gasteiger partial charge is 0.320 e. The Bertz CT molecular complexity index is 555. The fourth-order valence-corrected chi connectivity index (χ4v) is 2.79. The summed E-state index contributed by atoms with van der Waals surface area (Å²) in [6, 6.07) is 9.33. The van der Waals surface area contributed by atoms with Crippen molar-refractivity contribution in [2.24, 2.45) is 7.05 Å². The van der Waals surface area contributed by atoms with Gasteiger partial charge in [0.25, 0.3) is 0 Å². The van der Waals surface area contributed by atoms with Gasteiger partial charge in [0.15, 0.2) is 0 Å². The first-order valence-corrected chi connectivity index (χ1v) is 6.86. The molecule has 2 aromatic rings. The van der Waals surface area contributed by atoms with Crippen molar-refractivity contribution in [3.63, 3.8) is 0 Å². The Balaban J connectivity index is 1.51. The minimum absolute atomic E-state index is 0.612. The van der Waals surface area contributed by atoms with Crippen LogP contribution in [0.4, 0.5) is 0 Å². The highest BCUT2D eigenvalue weighted by atomic mass is 15.3. The van der Waals surface area contributed by atoms with E-state index in [4.69, 9.17) is 0 Å². The summed E-state index contributed by atoms with van der Waals surface area (Å²) in [5.41, 5.74) is 2.93. The molecule has 1 saturated carbocycles. The number of aryl methyl sites for hydroxylation is 2. The van der Waals surface area contributed by atoms with Crippen LogP contribution in [0.2, 0.25) is 0 Å². The summed E-state index contributed by atoms with van der Waals surface area (Å²) in [6.07, 6.45) is 4.19. The topological polar surface area (TPSA) is 42.7 Å². The molecule has 1 fully saturated rings. The maximum absolute atomic E-state index is 4.09. The lowest BCUT2D eigenvalue weighted by atomic mass is 9.74. The predicted octanol–water partition coefficient (Wildman–Crippen LogP) is 2.16. The Labute approximate surface area is 113 Å². The average Bonchev–Trinajstić information content (AvgIpc) is 2.75. The van der Waals surface area contributed by atoms with E-state index in [-0.39, 0.29) is 0 Å². The molecule has 1 aromatic heterocycles. The van der Waals surface area contributed by atoms with E-state index in [2.05, 4.69) is 46.7 Å². The number of hydrogen-bond acceptors (Lipinski definition) is 3. The predicted molar refractivity (Wildman–Crippen MR) is 74.8 cm³/mol. The van der Waals surface area contributed by atoms with Gasteiger partial charge in [-0.15, -0.1) is 10.2 Å². The first-order chi connectivity index (χ1) is 9.24. The van der Waals surface area contributed by atoms with Crippen LogP contribution in [0.3, 0.4) is 0 Å². The minimum atomic E-state index is 0.612. The van der Waals surface area contributed by atoms with E-state index in [1.54, 1.807) is 6.33 Å². The van der Waals surface area contributed by atoms with Gasteiger partial charge in [-0.3, -0.25) is 0 Å². The number of hydrogen-bond donors (Lipinski definition) is 1. The summed E-state index contributed by atoms with van der Waals surface area (Å²) in [5, 5.41) is 11.5. The second-order valence-electron chi connectivity index (χ2n) is 5.46. The maximum atomic E-state index is 4.09. The summed E-state index contributed by atoms with van der Waals surface area (Å²) in [7, 11) is 1.98. The molecule has 0 bridgehead atoms. The van der Waals surface area contributed by atoms with E-state index in [1.165, 1.54) is 24.0 Å². The molecule has 0 aliphatic heterocycles. The van der Waals surface area contributed by atoms with Gasteiger partial charge in [0, 0.05) is 13.1 Å². The Morgan fingerprint density at radius 1 is 1.32 bits per heavy atom. The van der Waals surface area contributed by atoms with Gasteiger partial charge in [0.05, 0.1) is 6.54 Å². The maximum Gasteiger partial charge on any atom is 0.146 e. The number of benzene rings is 1. The lowest BCUT2D eigenvalue weighted by Crippen LogP contribution is -2.40. The molecule has 0 radical (unpaired) electrons. The van der Waals surface area contributed by atoms with Gasteiger partial charge in [-0.25, -0.2) is 0 Å². The minimum Gasteiger partial charge on any atom is -0.320 e. The number of nitrogens with zero attached hydrogens (tertiary/aromatic N) is 3. The zero-order valence-corrected chi connectivity index (χ0v) is 11.5. The summed E-state index contributed by atoms with van der Waals surface area (Å²) in [6.45, 7) is 3.01. The van der Waals surface area contributed by atoms with Crippen molar-refractivity contribution >= 4 is 0 Å². The van der Waals surface area contributed by atoms with E-state index in [0.717, 1.165) is 18.3 Å². The first kappa shape index (κ1) is 12.4. The molecule has 3 rings (SSSR count). The van der Waals surface area contributed by atoms with Gasteiger partial charge in [0.2, 0.25) is 0 Å². The van der Waals surface area contributed by atoms with Gasteiger partial charge in [-0.1, -0.05) is 24.3 Å². The van der Waals surface area contributed by atoms with Gasteiger partial charge in [0.1, 0.15) is 12.2 Å². The number of aromatic nitrogens is 3. The summed E-state index contributed by atoms with van der Waals surface area (Å²) < 4.78 is 1.96. The molecule has 100 valence electrons. The third-order valence-corrected chi connectivity index (χ3v) is 4.12. The van der Waals surface area contributed by atoms with Crippen LogP contribution in [0.25, 0.3) is 0 Å². The molecule has 4 nitrogen and oxygen atoms in total. The van der Waals surface area contributed by atoms with E-state index < -0.39 is 0 Å². The van der Waals surface area contributed by atoms with Crippen LogP contribution in [0, 0.1) is 6.92 Å². The van der Waals surface area contributed by atoms with Crippen molar-refractivity contribution in [1.82, 2.24) is 20.1 Å². The lowest BCUT2D eigenvalue weighted by Gasteiger charge is -2.37. The van der Waals surface area contributed by atoms with Gasteiger partial charge in [-0.05, 0) is 36.8 Å². The molecule has 1 aromatic carbocycles. The molecule has 1 aliphatic carbocycles. The van der Waals surface area contributed by atoms with E-state index >= 15 is 0 Å². The molecule has 0 atom stereocenters. The SMILES string of the molecule is Cc1ccccc1C1CC(NCc2nncn2C)C1. The summed E-state index contributed by atoms with van der Waals surface area (Å²) in [5.74, 6) is 1.72. The molecule has 0 saturated heterocycles. The highest BCUT2D eigenvalue weighted by molar-refractivity contribution is 5.31. The van der Waals surface area contributed by atoms with Gasteiger partial charge >= 0.3 is 0 Å². The van der Waals surface area contributed by atoms with Crippen molar-refractivity contribution < 1.29 is 0 Å². The Hall–Kier alpha value is -1.68. The molecule has 0 unspecified atom stereocenters. The fourth-order valence-electron chi connectivity index (χ4n) is 2.79. The summed E-state index contributed by atoms with van der Waals surface area (Å²) in [4.78, 5) is 0. The monoisotopic (exact) mass is 256 g/mol. The third-order valence-electron chi connectivity index (χ3n) is 4.12. The van der Waals surface area contributed by atoms with E-state index in [0.29, 0.717) is 6.04 Å². The van der Waals surface area contributed by atoms with Gasteiger partial charge < -0.3 is 9.88 Å². The molecule has 0 spiro atoms. The van der Waals surface area contributed by atoms with Crippen molar-refractivity contribution in [3.8, 4) is 0 Å². The quantitative estimate of drug-likeness (QED) is 0.911. The second kappa shape index (κ2) is 5.13. The molecule has 19 heavy (non-hydrogen) atoms. The van der Waals surface area contributed by atoms with Crippen molar-refractivity contribution in [2.75, 3.05) is 0 Å². The van der Waals surface area contributed by atoms with Crippen LogP contribution >= 0.6 is 0 Å². The fraction of sp³-hybridized carbons (Fsp3) is 0.467. The second-order valence-corrected chi connectivity index (χ2v) is 5.46. The molecule has 1 heterocycles. The van der Waals surface area contributed by atoms with Crippen LogP contribution in [0.15, 0.2) is 30.6 Å². The number of nitrogens with one attached hydrogen (secondary N) is 1. The highest BCUT2D eigenvalue weighted by Gasteiger charge is 2.30. The molecular formula is C15H20N4. The normalized spacial score (nSPS) is 22.2. The smallest absolute Gasteiger partial charge is 0.146 e. The van der Waals surface area contributed by atoms with Crippen LogP contribution in [-0.4, -0.2) is 20.8 Å². The zero-order chi connectivity index (χ0) is 13.2.